The summed E-state index contributed by atoms with van der Waals surface area (Å²) < 4.78 is 40.8. The smallest absolute Gasteiger partial charge is 0.359 e. The van der Waals surface area contributed by atoms with Crippen LogP contribution in [0.2, 0.25) is 0 Å². The third-order valence-electron chi connectivity index (χ3n) is 3.10. The van der Waals surface area contributed by atoms with Crippen molar-refractivity contribution in [3.05, 3.63) is 36.0 Å². The molecule has 0 aliphatic rings. The molecule has 0 radical (unpaired) electrons. The summed E-state index contributed by atoms with van der Waals surface area (Å²) in [5.74, 6) is -0.641. The number of pyridine rings is 1. The minimum Gasteiger partial charge on any atom is -0.359 e. The first-order valence-corrected chi connectivity index (χ1v) is 6.61. The second kappa shape index (κ2) is 6.31. The highest BCUT2D eigenvalue weighted by atomic mass is 19.4. The Hall–Kier alpha value is -2.15. The number of aryl methyl sites for hydroxylation is 1. The summed E-state index contributed by atoms with van der Waals surface area (Å²) in [5.41, 5.74) is 2.15. The summed E-state index contributed by atoms with van der Waals surface area (Å²) in [6.45, 7) is 1.70. The van der Waals surface area contributed by atoms with E-state index in [-0.39, 0.29) is 0 Å². The Morgan fingerprint density at radius 2 is 2.09 bits per heavy atom. The lowest BCUT2D eigenvalue weighted by molar-refractivity contribution is -0.184. The molecule has 1 aromatic heterocycles. The molecule has 0 aliphatic carbocycles. The average Bonchev–Trinajstić information content (AvgIpc) is 2.47. The summed E-state index contributed by atoms with van der Waals surface area (Å²) >= 11 is 0. The molecular weight excluding hydrogens is 297 g/mol. The molecule has 1 aromatic carbocycles. The van der Waals surface area contributed by atoms with E-state index in [1.54, 1.807) is 30.5 Å². The minimum atomic E-state index is -4.46. The zero-order chi connectivity index (χ0) is 16.3. The Bertz CT molecular complexity index is 686. The molecule has 0 fully saturated rings. The van der Waals surface area contributed by atoms with Gasteiger partial charge in [-0.1, -0.05) is 6.07 Å². The zero-order valence-corrected chi connectivity index (χ0v) is 12.1. The van der Waals surface area contributed by atoms with E-state index < -0.39 is 24.8 Å². The molecule has 22 heavy (non-hydrogen) atoms. The fraction of sp³-hybridized carbons (Fsp3) is 0.333. The van der Waals surface area contributed by atoms with Gasteiger partial charge < -0.3 is 10.1 Å². The quantitative estimate of drug-likeness (QED) is 0.941. The number of hydrogen-bond donors (Lipinski definition) is 1. The van der Waals surface area contributed by atoms with Crippen molar-refractivity contribution in [2.24, 2.45) is 0 Å². The number of alkyl halides is 3. The maximum atomic E-state index is 12.1. The van der Waals surface area contributed by atoms with Crippen LogP contribution in [0.3, 0.4) is 0 Å². The van der Waals surface area contributed by atoms with Crippen molar-refractivity contribution in [3.63, 3.8) is 0 Å². The fourth-order valence-electron chi connectivity index (χ4n) is 1.95. The molecule has 0 saturated heterocycles. The van der Waals surface area contributed by atoms with Crippen molar-refractivity contribution < 1.29 is 22.7 Å². The molecule has 118 valence electrons. The van der Waals surface area contributed by atoms with Gasteiger partial charge in [-0.2, -0.15) is 13.2 Å². The number of carbonyl (C=O) groups excluding carboxylic acids is 1. The Balaban J connectivity index is 2.14. The van der Waals surface area contributed by atoms with Crippen LogP contribution in [0.5, 0.6) is 0 Å². The molecule has 0 spiro atoms. The summed E-state index contributed by atoms with van der Waals surface area (Å²) in [4.78, 5) is 16.2. The number of nitrogens with zero attached hydrogens (tertiary/aromatic N) is 1. The normalized spacial score (nSPS) is 13.1. The van der Waals surface area contributed by atoms with Crippen LogP contribution in [0, 0.1) is 6.92 Å². The third-order valence-corrected chi connectivity index (χ3v) is 3.10. The molecule has 2 rings (SSSR count). The zero-order valence-electron chi connectivity index (χ0n) is 12.1. The number of hydrogen-bond acceptors (Lipinski definition) is 3. The molecule has 1 N–H and O–H groups in total. The van der Waals surface area contributed by atoms with Crippen LogP contribution in [-0.4, -0.2) is 29.8 Å². The number of ether oxygens (including phenoxy) is 1. The second-order valence-corrected chi connectivity index (χ2v) is 4.89. The van der Waals surface area contributed by atoms with E-state index in [0.29, 0.717) is 5.69 Å². The number of anilines is 1. The first-order valence-electron chi connectivity index (χ1n) is 6.61. The molecule has 7 heteroatoms. The number of benzene rings is 1. The van der Waals surface area contributed by atoms with Gasteiger partial charge in [0.1, 0.15) is 12.7 Å². The molecule has 0 aliphatic heterocycles. The minimum absolute atomic E-state index is 0.487. The van der Waals surface area contributed by atoms with Crippen molar-refractivity contribution in [1.29, 1.82) is 0 Å². The van der Waals surface area contributed by atoms with E-state index in [2.05, 4.69) is 15.0 Å². The van der Waals surface area contributed by atoms with Crippen LogP contribution in [0.15, 0.2) is 30.5 Å². The van der Waals surface area contributed by atoms with Gasteiger partial charge in [-0.25, -0.2) is 0 Å². The molecule has 0 bridgehead atoms. The van der Waals surface area contributed by atoms with Crippen molar-refractivity contribution >= 4 is 22.5 Å². The second-order valence-electron chi connectivity index (χ2n) is 4.89. The topological polar surface area (TPSA) is 51.2 Å². The highest BCUT2D eigenvalue weighted by molar-refractivity contribution is 6.03. The summed E-state index contributed by atoms with van der Waals surface area (Å²) in [7, 11) is 0. The van der Waals surface area contributed by atoms with Crippen molar-refractivity contribution in [3.8, 4) is 0 Å². The monoisotopic (exact) mass is 312 g/mol. The molecule has 1 amide bonds. The van der Waals surface area contributed by atoms with Gasteiger partial charge in [-0.15, -0.1) is 0 Å². The van der Waals surface area contributed by atoms with Crippen molar-refractivity contribution in [1.82, 2.24) is 4.98 Å². The number of carbonyl (C=O) groups is 1. The van der Waals surface area contributed by atoms with Crippen LogP contribution < -0.4 is 5.32 Å². The van der Waals surface area contributed by atoms with E-state index in [1.807, 2.05) is 6.92 Å². The van der Waals surface area contributed by atoms with Gasteiger partial charge in [0.25, 0.3) is 5.91 Å². The van der Waals surface area contributed by atoms with E-state index in [1.165, 1.54) is 6.92 Å². The van der Waals surface area contributed by atoms with Crippen LogP contribution in [0.25, 0.3) is 10.9 Å². The Morgan fingerprint density at radius 3 is 2.77 bits per heavy atom. The highest BCUT2D eigenvalue weighted by Crippen LogP contribution is 2.25. The van der Waals surface area contributed by atoms with E-state index >= 15 is 0 Å². The predicted octanol–water partition coefficient (Wildman–Crippen LogP) is 3.45. The molecule has 0 unspecified atom stereocenters. The Kier molecular flexibility index (Phi) is 4.65. The molecule has 2 aromatic rings. The van der Waals surface area contributed by atoms with E-state index in [0.717, 1.165) is 16.5 Å². The highest BCUT2D eigenvalue weighted by Gasteiger charge is 2.30. The number of halogens is 3. The van der Waals surface area contributed by atoms with E-state index in [9.17, 15) is 18.0 Å². The maximum Gasteiger partial charge on any atom is 0.411 e. The van der Waals surface area contributed by atoms with Gasteiger partial charge in [-0.3, -0.25) is 9.78 Å². The fourth-order valence-corrected chi connectivity index (χ4v) is 1.95. The SMILES string of the molecule is Cc1ccc(NC(=O)[C@@H](C)OCC(F)(F)F)c2cccnc12. The van der Waals surface area contributed by atoms with Gasteiger partial charge in [0.15, 0.2) is 0 Å². The molecule has 0 saturated carbocycles. The Morgan fingerprint density at radius 1 is 1.36 bits per heavy atom. The van der Waals surface area contributed by atoms with Crippen molar-refractivity contribution in [2.45, 2.75) is 26.1 Å². The largest absolute Gasteiger partial charge is 0.411 e. The summed E-state index contributed by atoms with van der Waals surface area (Å²) in [6, 6.07) is 6.98. The number of fused-ring (bicyclic) bond motifs is 1. The van der Waals surface area contributed by atoms with Gasteiger partial charge in [0.2, 0.25) is 0 Å². The lowest BCUT2D eigenvalue weighted by Gasteiger charge is -2.16. The van der Waals surface area contributed by atoms with Crippen LogP contribution in [-0.2, 0) is 9.53 Å². The number of rotatable bonds is 4. The lowest BCUT2D eigenvalue weighted by atomic mass is 10.1. The van der Waals surface area contributed by atoms with Crippen LogP contribution >= 0.6 is 0 Å². The first kappa shape index (κ1) is 16.2. The lowest BCUT2D eigenvalue weighted by Crippen LogP contribution is -2.31. The first-order chi connectivity index (χ1) is 10.3. The summed E-state index contributed by atoms with van der Waals surface area (Å²) in [5, 5.41) is 3.30. The molecular formula is C15H15F3N2O2. The van der Waals surface area contributed by atoms with Gasteiger partial charge >= 0.3 is 6.18 Å². The molecule has 1 atom stereocenters. The summed E-state index contributed by atoms with van der Waals surface area (Å²) in [6.07, 6.45) is -4.04. The third kappa shape index (κ3) is 3.94. The molecule has 4 nitrogen and oxygen atoms in total. The van der Waals surface area contributed by atoms with Crippen molar-refractivity contribution in [2.75, 3.05) is 11.9 Å². The predicted molar refractivity (Wildman–Crippen MR) is 76.6 cm³/mol. The molecule has 1 heterocycles. The van der Waals surface area contributed by atoms with Crippen LogP contribution in [0.1, 0.15) is 12.5 Å². The van der Waals surface area contributed by atoms with E-state index in [4.69, 9.17) is 0 Å². The van der Waals surface area contributed by atoms with Gasteiger partial charge in [0.05, 0.1) is 11.2 Å². The van der Waals surface area contributed by atoms with Gasteiger partial charge in [-0.05, 0) is 37.6 Å². The van der Waals surface area contributed by atoms with Crippen LogP contribution in [0.4, 0.5) is 18.9 Å². The maximum absolute atomic E-state index is 12.1. The Labute approximate surface area is 125 Å². The van der Waals surface area contributed by atoms with Gasteiger partial charge in [0, 0.05) is 11.6 Å². The number of nitrogens with one attached hydrogen (secondary N) is 1. The standard InChI is InChI=1S/C15H15F3N2O2/c1-9-5-6-12(11-4-3-7-19-13(9)11)20-14(21)10(2)22-8-15(16,17)18/h3-7,10H,8H2,1-2H3,(H,20,21)/t10-/m1/s1. The number of amides is 1. The number of aromatic nitrogens is 1. The average molecular weight is 312 g/mol.